The maximum absolute atomic E-state index is 15.2. The van der Waals surface area contributed by atoms with Crippen LogP contribution in [0, 0.1) is 5.92 Å². The Hall–Kier alpha value is -2.83. The van der Waals surface area contributed by atoms with E-state index in [0.717, 1.165) is 31.0 Å². The molecule has 400 valence electrons. The summed E-state index contributed by atoms with van der Waals surface area (Å²) < 4.78 is 71.1. The van der Waals surface area contributed by atoms with Gasteiger partial charge in [-0.25, -0.2) is 8.42 Å². The predicted octanol–water partition coefficient (Wildman–Crippen LogP) is 13.2. The third-order valence-electron chi connectivity index (χ3n) is 16.2. The molecule has 2 heterocycles. The maximum atomic E-state index is 15.2. The van der Waals surface area contributed by atoms with Crippen LogP contribution in [0.3, 0.4) is 0 Å². The first kappa shape index (κ1) is 60.0. The van der Waals surface area contributed by atoms with E-state index in [1.807, 2.05) is 37.3 Å². The molecule has 0 bridgehead atoms. The van der Waals surface area contributed by atoms with Gasteiger partial charge in [-0.3, -0.25) is 4.79 Å². The molecule has 7 atom stereocenters. The Balaban J connectivity index is 1.39. The molecule has 0 amide bonds. The van der Waals surface area contributed by atoms with Crippen LogP contribution >= 0.6 is 0 Å². The van der Waals surface area contributed by atoms with E-state index in [4.69, 9.17) is 27.5 Å². The molecule has 0 spiro atoms. The minimum absolute atomic E-state index is 0.0924. The van der Waals surface area contributed by atoms with Gasteiger partial charge in [-0.2, -0.15) is 0 Å². The minimum Gasteiger partial charge on any atom is -0.416 e. The number of hydrogen-bond donors (Lipinski definition) is 0. The van der Waals surface area contributed by atoms with E-state index in [9.17, 15) is 8.42 Å². The fourth-order valence-electron chi connectivity index (χ4n) is 12.1. The highest BCUT2D eigenvalue weighted by Crippen LogP contribution is 2.43. The van der Waals surface area contributed by atoms with Gasteiger partial charge in [0, 0.05) is 38.9 Å². The van der Waals surface area contributed by atoms with Crippen molar-refractivity contribution in [1.82, 2.24) is 0 Å². The quantitative estimate of drug-likeness (QED) is 0.0399. The molecule has 0 aliphatic carbocycles. The Bertz CT molecular complexity index is 2210. The van der Waals surface area contributed by atoms with Crippen molar-refractivity contribution in [1.29, 1.82) is 0 Å². The van der Waals surface area contributed by atoms with Crippen LogP contribution in [0.25, 0.3) is 0 Å². The molecule has 0 saturated carbocycles. The second-order valence-corrected chi connectivity index (χ2v) is 39.2. The number of sulfone groups is 1. The third kappa shape index (κ3) is 13.8. The van der Waals surface area contributed by atoms with Gasteiger partial charge in [-0.05, 0) is 81.6 Å². The first-order chi connectivity index (χ1) is 34.1. The molecule has 3 aromatic carbocycles. The highest BCUT2D eigenvalue weighted by molar-refractivity contribution is 7.92. The van der Waals surface area contributed by atoms with Crippen LogP contribution < -0.4 is 10.4 Å². The maximum Gasteiger partial charge on any atom is 0.261 e. The molecule has 0 N–H and O–H groups in total. The topological polar surface area (TPSA) is 107 Å². The number of rotatable bonds is 28. The Morgan fingerprint density at radius 1 is 0.806 bits per heavy atom. The fraction of sp³-hybridized carbons (Fsp3) is 0.610. The zero-order valence-electron chi connectivity index (χ0n) is 46.5. The van der Waals surface area contributed by atoms with E-state index in [2.05, 4.69) is 138 Å². The molecule has 1 fully saturated rings. The third-order valence-corrected chi connectivity index (χ3v) is 34.1. The standard InChI is InChI=1S/C59H92O9SSi3/c1-15-70(16-2,17-3)68-55-42-50(44-65-72(58(11,12)13,52-35-25-19-26-36-52)53-37-27-20-28-38-53)66-54(55)41-48(10)57(60)56(69(61,62)51-33-23-18-24-34-51)43-59(63-14)39-30-32-49(67-59)31-22-21-29-40-64-71(45(4)5,46(6)7)47(8)9/h18-20,22-28,30-38,45-50,54-56H,15-17,21,29,39-44H2,1-14H3/b31-22+/t48-,49-,50+,54-,55-,56?,59-/m0/s1. The lowest BCUT2D eigenvalue weighted by molar-refractivity contribution is -0.236. The van der Waals surface area contributed by atoms with Crippen molar-refractivity contribution in [2.24, 2.45) is 5.92 Å². The van der Waals surface area contributed by atoms with Crippen molar-refractivity contribution in [3.05, 3.63) is 115 Å². The molecular weight excluding hydrogens is 969 g/mol. The van der Waals surface area contributed by atoms with Gasteiger partial charge >= 0.3 is 0 Å². The zero-order chi connectivity index (χ0) is 53.0. The van der Waals surface area contributed by atoms with Crippen molar-refractivity contribution < 1.29 is 40.7 Å². The summed E-state index contributed by atoms with van der Waals surface area (Å²) in [5.74, 6) is -2.44. The number of benzene rings is 3. The number of carbonyl (C=O) groups is 1. The van der Waals surface area contributed by atoms with Crippen LogP contribution in [0.4, 0.5) is 0 Å². The summed E-state index contributed by atoms with van der Waals surface area (Å²) in [6.07, 6.45) is 9.33. The minimum atomic E-state index is -4.20. The van der Waals surface area contributed by atoms with E-state index in [1.165, 1.54) is 10.4 Å². The highest BCUT2D eigenvalue weighted by Gasteiger charge is 2.53. The fourth-order valence-corrected chi connectivity index (χ4v) is 26.9. The Morgan fingerprint density at radius 2 is 1.35 bits per heavy atom. The number of ether oxygens (including phenoxy) is 3. The molecule has 2 aliphatic heterocycles. The number of unbranched alkanes of at least 4 members (excludes halogenated alkanes) is 1. The lowest BCUT2D eigenvalue weighted by Crippen LogP contribution is -2.67. The van der Waals surface area contributed by atoms with Crippen molar-refractivity contribution >= 4 is 50.9 Å². The van der Waals surface area contributed by atoms with Crippen molar-refractivity contribution in [3.8, 4) is 0 Å². The molecule has 2 aliphatic rings. The summed E-state index contributed by atoms with van der Waals surface area (Å²) >= 11 is 0. The predicted molar refractivity (Wildman–Crippen MR) is 303 cm³/mol. The average Bonchev–Trinajstić information content (AvgIpc) is 3.74. The molecule has 1 unspecified atom stereocenters. The number of methoxy groups -OCH3 is 1. The van der Waals surface area contributed by atoms with Gasteiger partial charge in [0.25, 0.3) is 8.32 Å². The number of hydrogen-bond acceptors (Lipinski definition) is 9. The summed E-state index contributed by atoms with van der Waals surface area (Å²) in [5.41, 5.74) is 1.57. The van der Waals surface area contributed by atoms with E-state index in [-0.39, 0.29) is 34.3 Å². The van der Waals surface area contributed by atoms with Gasteiger partial charge in [-0.1, -0.05) is 193 Å². The van der Waals surface area contributed by atoms with E-state index in [1.54, 1.807) is 37.4 Å². The normalized spacial score (nSPS) is 22.3. The van der Waals surface area contributed by atoms with E-state index in [0.29, 0.717) is 49.1 Å². The summed E-state index contributed by atoms with van der Waals surface area (Å²) in [7, 11) is -9.65. The number of carbonyl (C=O) groups excluding carboxylic acids is 1. The summed E-state index contributed by atoms with van der Waals surface area (Å²) in [6.45, 7) is 30.2. The lowest BCUT2D eigenvalue weighted by Gasteiger charge is -2.43. The Kier molecular flexibility index (Phi) is 21.9. The molecule has 3 aromatic rings. The van der Waals surface area contributed by atoms with Gasteiger partial charge < -0.3 is 27.5 Å². The number of Topliss-reactive ketones (excluding diaryl/α,β-unsaturated/α-hetero) is 1. The summed E-state index contributed by atoms with van der Waals surface area (Å²) in [4.78, 5) is 15.3. The monoisotopic (exact) mass is 1060 g/mol. The second-order valence-electron chi connectivity index (χ2n) is 22.6. The molecule has 9 nitrogen and oxygen atoms in total. The first-order valence-electron chi connectivity index (χ1n) is 27.2. The van der Waals surface area contributed by atoms with Crippen LogP contribution in [0.15, 0.2) is 120 Å². The van der Waals surface area contributed by atoms with Gasteiger partial charge in [0.15, 0.2) is 38.0 Å². The molecule has 0 radical (unpaired) electrons. The molecule has 1 saturated heterocycles. The van der Waals surface area contributed by atoms with Gasteiger partial charge in [-0.15, -0.1) is 0 Å². The van der Waals surface area contributed by atoms with Gasteiger partial charge in [0.1, 0.15) is 5.25 Å². The Morgan fingerprint density at radius 3 is 1.85 bits per heavy atom. The number of ketones is 1. The van der Waals surface area contributed by atoms with Crippen LogP contribution in [-0.2, 0) is 42.1 Å². The smallest absolute Gasteiger partial charge is 0.261 e. The molecular formula is C59H92O9SSi3. The summed E-state index contributed by atoms with van der Waals surface area (Å²) in [6, 6.07) is 32.4. The van der Waals surface area contributed by atoms with Crippen LogP contribution in [0.5, 0.6) is 0 Å². The van der Waals surface area contributed by atoms with Gasteiger partial charge in [0.2, 0.25) is 0 Å². The highest BCUT2D eigenvalue weighted by atomic mass is 32.2. The molecule has 72 heavy (non-hydrogen) atoms. The van der Waals surface area contributed by atoms with Crippen molar-refractivity contribution in [2.75, 3.05) is 20.3 Å². The largest absolute Gasteiger partial charge is 0.416 e. The number of allylic oxidation sites excluding steroid dienone is 1. The lowest BCUT2D eigenvalue weighted by atomic mass is 9.91. The van der Waals surface area contributed by atoms with Gasteiger partial charge in [0.05, 0.1) is 35.9 Å². The Labute approximate surface area is 439 Å². The zero-order valence-corrected chi connectivity index (χ0v) is 50.3. The van der Waals surface area contributed by atoms with Crippen molar-refractivity contribution in [2.45, 2.75) is 209 Å². The first-order valence-corrected chi connectivity index (χ1v) is 35.3. The molecule has 0 aromatic heterocycles. The molecule has 5 rings (SSSR count). The second kappa shape index (κ2) is 26.3. The average molecular weight is 1060 g/mol. The SMILES string of the molecule is CC[Si](CC)(CC)O[C@H]1C[C@H](CO[Si](c2ccccc2)(c2ccccc2)C(C)(C)C)O[C@H]1C[C@H](C)C(=O)C(C[C@]1(OC)CC=C[C@H](/C=C/CCCO[Si](C(C)C)(C(C)C)C(C)C)O1)S(=O)(=O)c1ccccc1. The van der Waals surface area contributed by atoms with Crippen LogP contribution in [0.2, 0.25) is 39.8 Å². The molecule has 13 heteroatoms. The van der Waals surface area contributed by atoms with Crippen LogP contribution in [0.1, 0.15) is 129 Å². The van der Waals surface area contributed by atoms with E-state index >= 15 is 4.79 Å². The summed E-state index contributed by atoms with van der Waals surface area (Å²) in [5, 5.41) is 0.732. The van der Waals surface area contributed by atoms with Crippen molar-refractivity contribution in [3.63, 3.8) is 0 Å². The van der Waals surface area contributed by atoms with Crippen LogP contribution in [-0.4, -0.2) is 94.9 Å². The van der Waals surface area contributed by atoms with E-state index < -0.39 is 64.0 Å².